The lowest BCUT2D eigenvalue weighted by molar-refractivity contribution is -0.122. The Morgan fingerprint density at radius 1 is 1.40 bits per heavy atom. The summed E-state index contributed by atoms with van der Waals surface area (Å²) in [5, 5.41) is 13.1. The number of amides is 1. The number of unbranched alkanes of at least 4 members (excludes halogenated alkanes) is 1. The Morgan fingerprint density at radius 2 is 2.20 bits per heavy atom. The minimum Gasteiger partial charge on any atom is -0.396 e. The molecule has 3 nitrogen and oxygen atoms in total. The van der Waals surface area contributed by atoms with Gasteiger partial charge in [0.1, 0.15) is 0 Å². The first-order valence-corrected chi connectivity index (χ1v) is 6.86. The van der Waals surface area contributed by atoms with Crippen molar-refractivity contribution in [3.05, 3.63) is 0 Å². The van der Waals surface area contributed by atoms with E-state index in [1.54, 1.807) is 0 Å². The zero-order chi connectivity index (χ0) is 11.1. The predicted molar refractivity (Wildman–Crippen MR) is 64.0 cm³/mol. The van der Waals surface area contributed by atoms with Gasteiger partial charge in [0, 0.05) is 30.3 Å². The van der Waals surface area contributed by atoms with E-state index in [9.17, 15) is 4.79 Å². The molecule has 0 aromatic heterocycles. The Hall–Kier alpha value is -0.0900. The number of aliphatic hydroxyl groups excluding tert-OH is 1. The zero-order valence-electron chi connectivity index (χ0n) is 9.04. The van der Waals surface area contributed by atoms with E-state index in [0.29, 0.717) is 6.42 Å². The molecule has 0 saturated heterocycles. The third-order valence-electron chi connectivity index (χ3n) is 3.03. The summed E-state index contributed by atoms with van der Waals surface area (Å²) in [7, 11) is 0. The maximum Gasteiger partial charge on any atom is 0.220 e. The molecule has 2 atom stereocenters. The molecule has 2 N–H and O–H groups in total. The molecule has 0 radical (unpaired) electrons. The van der Waals surface area contributed by atoms with Crippen molar-refractivity contribution in [2.24, 2.45) is 5.92 Å². The van der Waals surface area contributed by atoms with E-state index < -0.39 is 0 Å². The first-order chi connectivity index (χ1) is 7.27. The molecule has 0 aromatic carbocycles. The lowest BCUT2D eigenvalue weighted by Crippen LogP contribution is -2.38. The van der Waals surface area contributed by atoms with Gasteiger partial charge in [-0.05, 0) is 25.7 Å². The van der Waals surface area contributed by atoms with Crippen LogP contribution >= 0.6 is 15.9 Å². The average molecular weight is 278 g/mol. The number of hydrogen-bond donors (Lipinski definition) is 2. The summed E-state index contributed by atoms with van der Waals surface area (Å²) in [6.45, 7) is 0.201. The largest absolute Gasteiger partial charge is 0.396 e. The average Bonchev–Trinajstić information content (AvgIpc) is 2.65. The summed E-state index contributed by atoms with van der Waals surface area (Å²) < 4.78 is 0. The SMILES string of the molecule is O=C(CCCCBr)NC1CCCC1CO. The molecule has 1 saturated carbocycles. The lowest BCUT2D eigenvalue weighted by atomic mass is 10.0. The molecule has 1 aliphatic rings. The molecule has 0 bridgehead atoms. The van der Waals surface area contributed by atoms with Crippen LogP contribution in [0.5, 0.6) is 0 Å². The van der Waals surface area contributed by atoms with Crippen molar-refractivity contribution < 1.29 is 9.90 Å². The van der Waals surface area contributed by atoms with Gasteiger partial charge in [0.05, 0.1) is 0 Å². The third-order valence-corrected chi connectivity index (χ3v) is 3.59. The van der Waals surface area contributed by atoms with Gasteiger partial charge in [-0.2, -0.15) is 0 Å². The van der Waals surface area contributed by atoms with Crippen LogP contribution in [0.3, 0.4) is 0 Å². The maximum atomic E-state index is 11.5. The number of rotatable bonds is 6. The van der Waals surface area contributed by atoms with Crippen LogP contribution in [0.15, 0.2) is 0 Å². The number of nitrogens with one attached hydrogen (secondary N) is 1. The van der Waals surface area contributed by atoms with Gasteiger partial charge in [-0.3, -0.25) is 4.79 Å². The van der Waals surface area contributed by atoms with Crippen LogP contribution in [-0.4, -0.2) is 29.0 Å². The molecule has 1 fully saturated rings. The number of carbonyl (C=O) groups excluding carboxylic acids is 1. The van der Waals surface area contributed by atoms with Crippen LogP contribution in [0.25, 0.3) is 0 Å². The van der Waals surface area contributed by atoms with Crippen molar-refractivity contribution in [1.29, 1.82) is 0 Å². The zero-order valence-corrected chi connectivity index (χ0v) is 10.6. The van der Waals surface area contributed by atoms with E-state index in [2.05, 4.69) is 21.2 Å². The fraction of sp³-hybridized carbons (Fsp3) is 0.909. The van der Waals surface area contributed by atoms with E-state index >= 15 is 0 Å². The molecule has 15 heavy (non-hydrogen) atoms. The lowest BCUT2D eigenvalue weighted by Gasteiger charge is -2.18. The van der Waals surface area contributed by atoms with Gasteiger partial charge in [0.25, 0.3) is 0 Å². The summed E-state index contributed by atoms with van der Waals surface area (Å²) in [5.41, 5.74) is 0. The highest BCUT2D eigenvalue weighted by molar-refractivity contribution is 9.09. The smallest absolute Gasteiger partial charge is 0.220 e. The highest BCUT2D eigenvalue weighted by atomic mass is 79.9. The molecule has 0 aromatic rings. The number of hydrogen-bond acceptors (Lipinski definition) is 2. The molecule has 1 amide bonds. The van der Waals surface area contributed by atoms with E-state index in [0.717, 1.165) is 37.4 Å². The van der Waals surface area contributed by atoms with E-state index in [1.807, 2.05) is 0 Å². The van der Waals surface area contributed by atoms with Crippen LogP contribution in [-0.2, 0) is 4.79 Å². The summed E-state index contributed by atoms with van der Waals surface area (Å²) in [5.74, 6) is 0.423. The Balaban J connectivity index is 2.19. The van der Waals surface area contributed by atoms with E-state index in [-0.39, 0.29) is 24.5 Å². The Bertz CT molecular complexity index is 199. The van der Waals surface area contributed by atoms with Crippen LogP contribution in [0, 0.1) is 5.92 Å². The van der Waals surface area contributed by atoms with Crippen molar-refractivity contribution in [3.8, 4) is 0 Å². The summed E-state index contributed by atoms with van der Waals surface area (Å²) in [6.07, 6.45) is 5.78. The number of alkyl halides is 1. The quantitative estimate of drug-likeness (QED) is 0.575. The van der Waals surface area contributed by atoms with Gasteiger partial charge in [0.2, 0.25) is 5.91 Å². The molecule has 1 aliphatic carbocycles. The molecule has 0 aliphatic heterocycles. The minimum absolute atomic E-state index is 0.140. The number of aliphatic hydroxyl groups is 1. The van der Waals surface area contributed by atoms with E-state index in [4.69, 9.17) is 5.11 Å². The number of halogens is 1. The molecule has 88 valence electrons. The first-order valence-electron chi connectivity index (χ1n) is 5.74. The standard InChI is InChI=1S/C11H20BrNO2/c12-7-2-1-6-11(15)13-10-5-3-4-9(10)8-14/h9-10,14H,1-8H2,(H,13,15). The summed E-state index contributed by atoms with van der Waals surface area (Å²) in [6, 6.07) is 0.214. The van der Waals surface area contributed by atoms with Crippen LogP contribution in [0.4, 0.5) is 0 Å². The van der Waals surface area contributed by atoms with Crippen molar-refractivity contribution in [2.45, 2.75) is 44.6 Å². The molecular weight excluding hydrogens is 258 g/mol. The highest BCUT2D eigenvalue weighted by Crippen LogP contribution is 2.25. The van der Waals surface area contributed by atoms with Gasteiger partial charge in [0.15, 0.2) is 0 Å². The topological polar surface area (TPSA) is 49.3 Å². The highest BCUT2D eigenvalue weighted by Gasteiger charge is 2.27. The molecule has 4 heteroatoms. The molecular formula is C11H20BrNO2. The number of carbonyl (C=O) groups is 1. The van der Waals surface area contributed by atoms with Crippen LogP contribution < -0.4 is 5.32 Å². The van der Waals surface area contributed by atoms with Crippen LogP contribution in [0.2, 0.25) is 0 Å². The third kappa shape index (κ3) is 4.51. The predicted octanol–water partition coefficient (Wildman–Crippen LogP) is 1.83. The summed E-state index contributed by atoms with van der Waals surface area (Å²) in [4.78, 5) is 11.5. The summed E-state index contributed by atoms with van der Waals surface area (Å²) >= 11 is 3.34. The fourth-order valence-corrected chi connectivity index (χ4v) is 2.50. The second-order valence-corrected chi connectivity index (χ2v) is 4.99. The van der Waals surface area contributed by atoms with Gasteiger partial charge in [-0.15, -0.1) is 0 Å². The Kier molecular flexibility index (Phi) is 6.25. The first kappa shape index (κ1) is 13.0. The fourth-order valence-electron chi connectivity index (χ4n) is 2.10. The van der Waals surface area contributed by atoms with Gasteiger partial charge >= 0.3 is 0 Å². The van der Waals surface area contributed by atoms with Gasteiger partial charge < -0.3 is 10.4 Å². The molecule has 1 rings (SSSR count). The van der Waals surface area contributed by atoms with Crippen molar-refractivity contribution in [2.75, 3.05) is 11.9 Å². The van der Waals surface area contributed by atoms with E-state index in [1.165, 1.54) is 0 Å². The Labute approximate surface area is 99.8 Å². The van der Waals surface area contributed by atoms with Gasteiger partial charge in [-0.1, -0.05) is 22.4 Å². The monoisotopic (exact) mass is 277 g/mol. The minimum atomic E-state index is 0.140. The normalized spacial score (nSPS) is 25.5. The van der Waals surface area contributed by atoms with Crippen molar-refractivity contribution >= 4 is 21.8 Å². The van der Waals surface area contributed by atoms with Crippen LogP contribution in [0.1, 0.15) is 38.5 Å². The maximum absolute atomic E-state index is 11.5. The Morgan fingerprint density at radius 3 is 2.87 bits per heavy atom. The van der Waals surface area contributed by atoms with Crippen molar-refractivity contribution in [3.63, 3.8) is 0 Å². The van der Waals surface area contributed by atoms with Gasteiger partial charge in [-0.25, -0.2) is 0 Å². The van der Waals surface area contributed by atoms with Crippen molar-refractivity contribution in [1.82, 2.24) is 5.32 Å². The molecule has 0 spiro atoms. The molecule has 0 heterocycles. The second-order valence-electron chi connectivity index (χ2n) is 4.19. The second kappa shape index (κ2) is 7.23. The molecule has 2 unspecified atom stereocenters.